The monoisotopic (exact) mass is 393 g/mol. The highest BCUT2D eigenvalue weighted by molar-refractivity contribution is 6.06. The molecule has 7 nitrogen and oxygen atoms in total. The van der Waals surface area contributed by atoms with E-state index in [-0.39, 0.29) is 17.4 Å². The van der Waals surface area contributed by atoms with Crippen molar-refractivity contribution < 1.29 is 18.7 Å². The van der Waals surface area contributed by atoms with Crippen LogP contribution in [0.15, 0.2) is 59.0 Å². The summed E-state index contributed by atoms with van der Waals surface area (Å²) < 4.78 is 12.6. The first-order valence-electron chi connectivity index (χ1n) is 9.69. The van der Waals surface area contributed by atoms with Gasteiger partial charge in [-0.15, -0.1) is 0 Å². The minimum Gasteiger partial charge on any atom is -0.459 e. The zero-order valence-corrected chi connectivity index (χ0v) is 16.3. The standard InChI is InChI=1S/C22H23N3O4/c1-2-24-15-16(17-6-3-4-7-19(17)24)14-18(22(27)25-9-12-28-13-10-25)23-21(26)20-8-5-11-29-20/h3-8,11,14-15H,2,9-10,12-13H2,1H3,(H,23,26). The fourth-order valence-electron chi connectivity index (χ4n) is 3.49. The van der Waals surface area contributed by atoms with Crippen LogP contribution in [-0.4, -0.2) is 47.6 Å². The number of morpholine rings is 1. The topological polar surface area (TPSA) is 76.7 Å². The van der Waals surface area contributed by atoms with Crippen molar-refractivity contribution in [2.45, 2.75) is 13.5 Å². The molecule has 2 amide bonds. The molecule has 1 aliphatic rings. The summed E-state index contributed by atoms with van der Waals surface area (Å²) in [4.78, 5) is 27.4. The van der Waals surface area contributed by atoms with Gasteiger partial charge in [-0.05, 0) is 31.2 Å². The molecule has 0 unspecified atom stereocenters. The molecule has 3 aromatic rings. The lowest BCUT2D eigenvalue weighted by Crippen LogP contribution is -2.44. The van der Waals surface area contributed by atoms with Crippen LogP contribution in [0.1, 0.15) is 23.0 Å². The van der Waals surface area contributed by atoms with E-state index in [2.05, 4.69) is 16.8 Å². The number of carbonyl (C=O) groups is 2. The SMILES string of the molecule is CCn1cc(C=C(NC(=O)c2ccco2)C(=O)N2CCOCC2)c2ccccc21. The molecule has 4 rings (SSSR count). The Labute approximate surface area is 168 Å². The zero-order valence-electron chi connectivity index (χ0n) is 16.3. The van der Waals surface area contributed by atoms with E-state index in [9.17, 15) is 9.59 Å². The van der Waals surface area contributed by atoms with Crippen molar-refractivity contribution >= 4 is 28.8 Å². The highest BCUT2D eigenvalue weighted by atomic mass is 16.5. The third-order valence-corrected chi connectivity index (χ3v) is 4.98. The summed E-state index contributed by atoms with van der Waals surface area (Å²) in [7, 11) is 0. The van der Waals surface area contributed by atoms with Gasteiger partial charge in [-0.1, -0.05) is 18.2 Å². The molecule has 1 N–H and O–H groups in total. The van der Waals surface area contributed by atoms with Crippen LogP contribution in [-0.2, 0) is 16.1 Å². The number of aryl methyl sites for hydroxylation is 1. The van der Waals surface area contributed by atoms with Crippen LogP contribution in [0, 0.1) is 0 Å². The van der Waals surface area contributed by atoms with Crippen LogP contribution in [0.3, 0.4) is 0 Å². The number of carbonyl (C=O) groups excluding carboxylic acids is 2. The zero-order chi connectivity index (χ0) is 20.2. The van der Waals surface area contributed by atoms with Crippen LogP contribution >= 0.6 is 0 Å². The van der Waals surface area contributed by atoms with Gasteiger partial charge in [0.2, 0.25) is 0 Å². The average molecular weight is 393 g/mol. The van der Waals surface area contributed by atoms with Gasteiger partial charge in [-0.3, -0.25) is 9.59 Å². The van der Waals surface area contributed by atoms with Crippen molar-refractivity contribution in [2.24, 2.45) is 0 Å². The smallest absolute Gasteiger partial charge is 0.291 e. The van der Waals surface area contributed by atoms with E-state index >= 15 is 0 Å². The van der Waals surface area contributed by atoms with Gasteiger partial charge in [-0.25, -0.2) is 0 Å². The van der Waals surface area contributed by atoms with Crippen molar-refractivity contribution in [3.8, 4) is 0 Å². The van der Waals surface area contributed by atoms with Crippen LogP contribution < -0.4 is 5.32 Å². The molecule has 0 atom stereocenters. The predicted molar refractivity (Wildman–Crippen MR) is 109 cm³/mol. The Kier molecular flexibility index (Phi) is 5.48. The number of rotatable bonds is 5. The summed E-state index contributed by atoms with van der Waals surface area (Å²) in [5, 5.41) is 3.77. The first kappa shape index (κ1) is 19.0. The molecular formula is C22H23N3O4. The molecule has 1 aliphatic heterocycles. The molecular weight excluding hydrogens is 370 g/mol. The Morgan fingerprint density at radius 2 is 1.93 bits per heavy atom. The lowest BCUT2D eigenvalue weighted by molar-refractivity contribution is -0.131. The van der Waals surface area contributed by atoms with Crippen molar-refractivity contribution in [3.05, 3.63) is 65.9 Å². The Hall–Kier alpha value is -3.32. The minimum atomic E-state index is -0.456. The Morgan fingerprint density at radius 3 is 2.66 bits per heavy atom. The molecule has 1 aromatic carbocycles. The second-order valence-corrected chi connectivity index (χ2v) is 6.78. The van der Waals surface area contributed by atoms with E-state index in [0.717, 1.165) is 23.0 Å². The summed E-state index contributed by atoms with van der Waals surface area (Å²) >= 11 is 0. The number of hydrogen-bond acceptors (Lipinski definition) is 4. The van der Waals surface area contributed by atoms with Gasteiger partial charge in [0.25, 0.3) is 11.8 Å². The van der Waals surface area contributed by atoms with Crippen LogP contribution in [0.4, 0.5) is 0 Å². The van der Waals surface area contributed by atoms with Gasteiger partial charge in [0, 0.05) is 42.3 Å². The number of furan rings is 1. The maximum atomic E-state index is 13.2. The molecule has 7 heteroatoms. The number of ether oxygens (including phenoxy) is 1. The minimum absolute atomic E-state index is 0.154. The van der Waals surface area contributed by atoms with Crippen molar-refractivity contribution in [1.82, 2.24) is 14.8 Å². The third-order valence-electron chi connectivity index (χ3n) is 4.98. The molecule has 0 radical (unpaired) electrons. The molecule has 150 valence electrons. The fourth-order valence-corrected chi connectivity index (χ4v) is 3.49. The van der Waals surface area contributed by atoms with Gasteiger partial charge in [0.1, 0.15) is 5.70 Å². The van der Waals surface area contributed by atoms with Crippen molar-refractivity contribution in [3.63, 3.8) is 0 Å². The van der Waals surface area contributed by atoms with E-state index in [1.165, 1.54) is 6.26 Å². The average Bonchev–Trinajstić information content (AvgIpc) is 3.42. The van der Waals surface area contributed by atoms with Gasteiger partial charge < -0.3 is 23.9 Å². The molecule has 1 saturated heterocycles. The maximum Gasteiger partial charge on any atom is 0.291 e. The molecule has 2 aromatic heterocycles. The largest absolute Gasteiger partial charge is 0.459 e. The number of nitrogens with zero attached hydrogens (tertiary/aromatic N) is 2. The molecule has 0 bridgehead atoms. The first-order chi connectivity index (χ1) is 14.2. The molecule has 3 heterocycles. The van der Waals surface area contributed by atoms with E-state index in [4.69, 9.17) is 9.15 Å². The molecule has 29 heavy (non-hydrogen) atoms. The number of hydrogen-bond donors (Lipinski definition) is 1. The van der Waals surface area contributed by atoms with E-state index in [1.54, 1.807) is 23.1 Å². The van der Waals surface area contributed by atoms with E-state index in [1.807, 2.05) is 30.5 Å². The van der Waals surface area contributed by atoms with Crippen molar-refractivity contribution in [2.75, 3.05) is 26.3 Å². The number of fused-ring (bicyclic) bond motifs is 1. The predicted octanol–water partition coefficient (Wildman–Crippen LogP) is 2.88. The first-order valence-corrected chi connectivity index (χ1v) is 9.69. The number of nitrogens with one attached hydrogen (secondary N) is 1. The summed E-state index contributed by atoms with van der Waals surface area (Å²) in [6.45, 7) is 4.83. The molecule has 1 fully saturated rings. The summed E-state index contributed by atoms with van der Waals surface area (Å²) in [6, 6.07) is 11.2. The molecule has 0 aliphatic carbocycles. The summed E-state index contributed by atoms with van der Waals surface area (Å²) in [5.74, 6) is -0.537. The van der Waals surface area contributed by atoms with Gasteiger partial charge in [-0.2, -0.15) is 0 Å². The normalized spacial score (nSPS) is 14.9. The number of aromatic nitrogens is 1. The Morgan fingerprint density at radius 1 is 1.14 bits per heavy atom. The van der Waals surface area contributed by atoms with Gasteiger partial charge in [0.05, 0.1) is 19.5 Å². The van der Waals surface area contributed by atoms with E-state index < -0.39 is 5.91 Å². The van der Waals surface area contributed by atoms with Crippen LogP contribution in [0.25, 0.3) is 17.0 Å². The highest BCUT2D eigenvalue weighted by Gasteiger charge is 2.24. The number of amides is 2. The lowest BCUT2D eigenvalue weighted by Gasteiger charge is -2.27. The summed E-state index contributed by atoms with van der Waals surface area (Å²) in [6.07, 6.45) is 5.17. The van der Waals surface area contributed by atoms with Crippen LogP contribution in [0.5, 0.6) is 0 Å². The Bertz CT molecular complexity index is 1040. The van der Waals surface area contributed by atoms with Crippen molar-refractivity contribution in [1.29, 1.82) is 0 Å². The Balaban J connectivity index is 1.73. The van der Waals surface area contributed by atoms with Gasteiger partial charge in [0.15, 0.2) is 5.76 Å². The van der Waals surface area contributed by atoms with Gasteiger partial charge >= 0.3 is 0 Å². The second-order valence-electron chi connectivity index (χ2n) is 6.78. The number of para-hydroxylation sites is 1. The second kappa shape index (κ2) is 8.36. The number of benzene rings is 1. The summed E-state index contributed by atoms with van der Waals surface area (Å²) in [5.41, 5.74) is 2.17. The van der Waals surface area contributed by atoms with Crippen LogP contribution in [0.2, 0.25) is 0 Å². The molecule has 0 spiro atoms. The highest BCUT2D eigenvalue weighted by Crippen LogP contribution is 2.24. The fraction of sp³-hybridized carbons (Fsp3) is 0.273. The maximum absolute atomic E-state index is 13.2. The molecule has 0 saturated carbocycles. The quantitative estimate of drug-likeness (QED) is 0.677. The lowest BCUT2D eigenvalue weighted by atomic mass is 10.1. The third kappa shape index (κ3) is 3.95. The van der Waals surface area contributed by atoms with E-state index in [0.29, 0.717) is 26.3 Å².